The highest BCUT2D eigenvalue weighted by Gasteiger charge is 2.28. The van der Waals surface area contributed by atoms with Gasteiger partial charge in [0.1, 0.15) is 10.0 Å². The van der Waals surface area contributed by atoms with Crippen LogP contribution in [0.2, 0.25) is 0 Å². The van der Waals surface area contributed by atoms with Crippen molar-refractivity contribution >= 4 is 169 Å². The van der Waals surface area contributed by atoms with Gasteiger partial charge in [0.2, 0.25) is 0 Å². The fourth-order valence-corrected chi connectivity index (χ4v) is 23.7. The number of thiophene rings is 10. The van der Waals surface area contributed by atoms with Crippen LogP contribution < -0.4 is 0 Å². The molecule has 414 valence electrons. The predicted octanol–water partition coefficient (Wildman–Crippen LogP) is 25.3. The number of rotatable bonds is 24. The summed E-state index contributed by atoms with van der Waals surface area (Å²) >= 11 is 21.6. The van der Waals surface area contributed by atoms with E-state index in [1.54, 1.807) is 45.3 Å². The van der Waals surface area contributed by atoms with E-state index >= 15 is 0 Å². The van der Waals surface area contributed by atoms with Crippen molar-refractivity contribution < 1.29 is 9.59 Å². The van der Waals surface area contributed by atoms with E-state index in [1.807, 2.05) is 103 Å². The highest BCUT2D eigenvalue weighted by Crippen LogP contribution is 2.54. The number of hydrogen-bond acceptors (Lipinski definition) is 16. The number of aldehydes is 2. The highest BCUT2D eigenvalue weighted by molar-refractivity contribution is 7.32. The molecular formula is C66H56N2O2S12. The monoisotopic (exact) mass is 1290 g/mol. The van der Waals surface area contributed by atoms with Crippen molar-refractivity contribution in [2.24, 2.45) is 11.8 Å². The van der Waals surface area contributed by atoms with Crippen LogP contribution in [0.5, 0.6) is 0 Å². The second-order valence-corrected chi connectivity index (χ2v) is 33.6. The molecule has 0 fully saturated rings. The van der Waals surface area contributed by atoms with Gasteiger partial charge in [-0.25, -0.2) is 9.97 Å². The summed E-state index contributed by atoms with van der Waals surface area (Å²) in [6.45, 7) is 9.33. The van der Waals surface area contributed by atoms with Crippen LogP contribution in [-0.2, 0) is 12.8 Å². The smallest absolute Gasteiger partial charge is 0.160 e. The molecule has 12 heterocycles. The zero-order valence-corrected chi connectivity index (χ0v) is 55.3. The van der Waals surface area contributed by atoms with Crippen LogP contribution in [0, 0.1) is 11.8 Å². The quantitative estimate of drug-likeness (QED) is 0.0566. The van der Waals surface area contributed by atoms with Crippen LogP contribution in [0.25, 0.3) is 120 Å². The highest BCUT2D eigenvalue weighted by atomic mass is 32.1. The van der Waals surface area contributed by atoms with Gasteiger partial charge in [0, 0.05) is 89.2 Å². The third kappa shape index (κ3) is 11.6. The normalized spacial score (nSPS) is 12.6. The van der Waals surface area contributed by atoms with E-state index in [1.165, 1.54) is 150 Å². The summed E-state index contributed by atoms with van der Waals surface area (Å²) in [5.41, 5.74) is 4.61. The Labute approximate surface area is 526 Å². The van der Waals surface area contributed by atoms with Crippen LogP contribution in [-0.4, -0.2) is 22.5 Å². The third-order valence-electron chi connectivity index (χ3n) is 15.1. The lowest BCUT2D eigenvalue weighted by atomic mass is 9.95. The first-order chi connectivity index (χ1) is 40.3. The van der Waals surface area contributed by atoms with Crippen molar-refractivity contribution in [1.82, 2.24) is 9.97 Å². The number of thiazole rings is 2. The third-order valence-corrected chi connectivity index (χ3v) is 29.5. The predicted molar refractivity (Wildman–Crippen MR) is 371 cm³/mol. The van der Waals surface area contributed by atoms with E-state index in [-0.39, 0.29) is 0 Å². The molecule has 13 rings (SSSR count). The minimum atomic E-state index is 0.676. The Bertz CT molecular complexity index is 4020. The standard InChI is InChI=1S/C66H56N2O2S12/c1-5-9-11-37(7-3)33-39-13-19-55(71-39)59-61-64(82-65(67-61)57-31-29-53(79-57)51-27-25-49(77-51)47-23-21-45(75-47)43-17-15-41(35-69)73-43)60(56-20-14-40(72-56)34-38(8-4)12-10-6-2)62-63(59)81-66(68-62)58-32-30-54(80-58)52-28-26-50(78-52)48-24-22-46(76-48)44-18-16-42(36-70)74-44/h13-32,35-38H,5-12,33-34H2,1-4H3. The Morgan fingerprint density at radius 1 is 0.341 bits per heavy atom. The number of unbranched alkanes of at least 4 members (excludes halogenated alkanes) is 2. The number of aromatic nitrogens is 2. The topological polar surface area (TPSA) is 59.9 Å². The Morgan fingerprint density at radius 2 is 0.634 bits per heavy atom. The fraction of sp³-hybridized carbons (Fsp3) is 0.242. The van der Waals surface area contributed by atoms with E-state index in [9.17, 15) is 9.59 Å². The molecule has 16 heteroatoms. The van der Waals surface area contributed by atoms with Gasteiger partial charge in [-0.3, -0.25) is 9.59 Å². The summed E-state index contributed by atoms with van der Waals surface area (Å²) in [4.78, 5) is 58.4. The minimum Gasteiger partial charge on any atom is -0.297 e. The Morgan fingerprint density at radius 3 is 0.939 bits per heavy atom. The maximum absolute atomic E-state index is 11.4. The second-order valence-electron chi connectivity index (χ2n) is 20.5. The molecule has 13 aromatic rings. The maximum Gasteiger partial charge on any atom is 0.160 e. The summed E-state index contributed by atoms with van der Waals surface area (Å²) in [7, 11) is 0. The van der Waals surface area contributed by atoms with E-state index < -0.39 is 0 Å². The van der Waals surface area contributed by atoms with Gasteiger partial charge in [-0.05, 0) is 146 Å². The van der Waals surface area contributed by atoms with Crippen LogP contribution in [0.1, 0.15) is 108 Å². The number of hydrogen-bond donors (Lipinski definition) is 0. The van der Waals surface area contributed by atoms with Gasteiger partial charge in [-0.1, -0.05) is 79.1 Å². The Balaban J connectivity index is 0.903. The SMILES string of the molecule is CCCCC(CC)Cc1ccc(-c2c3nc(-c4ccc(-c5ccc(-c6ccc(-c7ccc(C=O)s7)s6)s5)s4)sc3c(-c3ccc(CC(CC)CCCC)s3)c3nc(-c4ccc(-c5ccc(-c6ccc(-c7ccc(C=O)s7)s6)s5)s4)sc23)s1. The zero-order chi connectivity index (χ0) is 55.8. The molecule has 0 radical (unpaired) electrons. The first-order valence-corrected chi connectivity index (χ1v) is 37.7. The first kappa shape index (κ1) is 56.5. The second kappa shape index (κ2) is 25.1. The molecule has 4 nitrogen and oxygen atoms in total. The zero-order valence-electron chi connectivity index (χ0n) is 45.5. The molecule has 1 aromatic carbocycles. The number of carbonyl (C=O) groups excluding carboxylic acids is 2. The molecule has 82 heavy (non-hydrogen) atoms. The van der Waals surface area contributed by atoms with Gasteiger partial charge in [0.25, 0.3) is 0 Å². The van der Waals surface area contributed by atoms with Gasteiger partial charge in [-0.15, -0.1) is 136 Å². The molecule has 0 saturated heterocycles. The van der Waals surface area contributed by atoms with E-state index in [0.717, 1.165) is 66.0 Å². The van der Waals surface area contributed by atoms with Crippen molar-refractivity contribution in [3.05, 3.63) is 141 Å². The lowest BCUT2D eigenvalue weighted by Gasteiger charge is -2.13. The van der Waals surface area contributed by atoms with Gasteiger partial charge in [0.05, 0.1) is 39.9 Å². The maximum atomic E-state index is 11.4. The summed E-state index contributed by atoms with van der Waals surface area (Å²) in [6, 6.07) is 44.5. The van der Waals surface area contributed by atoms with Crippen molar-refractivity contribution in [3.8, 4) is 99.2 Å². The van der Waals surface area contributed by atoms with Crippen LogP contribution in [0.3, 0.4) is 0 Å². The van der Waals surface area contributed by atoms with E-state index in [2.05, 4.69) is 137 Å². The minimum absolute atomic E-state index is 0.676. The van der Waals surface area contributed by atoms with E-state index in [4.69, 9.17) is 9.97 Å². The average Bonchev–Trinajstić information content (AvgIpc) is 3.59. The molecule has 0 aliphatic rings. The molecule has 2 atom stereocenters. The van der Waals surface area contributed by atoms with Crippen molar-refractivity contribution in [2.75, 3.05) is 0 Å². The number of benzene rings is 1. The molecule has 0 amide bonds. The van der Waals surface area contributed by atoms with Crippen molar-refractivity contribution in [1.29, 1.82) is 0 Å². The summed E-state index contributed by atoms with van der Waals surface area (Å²) in [5, 5.41) is 2.11. The fourth-order valence-electron chi connectivity index (χ4n) is 10.6. The van der Waals surface area contributed by atoms with Crippen LogP contribution in [0.15, 0.2) is 121 Å². The largest absolute Gasteiger partial charge is 0.297 e. The van der Waals surface area contributed by atoms with E-state index in [0.29, 0.717) is 11.8 Å². The molecule has 0 saturated carbocycles. The van der Waals surface area contributed by atoms with Gasteiger partial charge in [-0.2, -0.15) is 0 Å². The first-order valence-electron chi connectivity index (χ1n) is 27.9. The molecule has 0 spiro atoms. The Hall–Kier alpha value is -4.66. The molecule has 2 unspecified atom stereocenters. The number of fused-ring (bicyclic) bond motifs is 2. The lowest BCUT2D eigenvalue weighted by Crippen LogP contribution is -2.01. The molecule has 0 aliphatic heterocycles. The summed E-state index contributed by atoms with van der Waals surface area (Å²) in [6.07, 6.45) is 14.0. The van der Waals surface area contributed by atoms with Gasteiger partial charge >= 0.3 is 0 Å². The molecular weight excluding hydrogens is 1240 g/mol. The molecule has 0 aliphatic carbocycles. The summed E-state index contributed by atoms with van der Waals surface area (Å²) in [5.74, 6) is 1.35. The van der Waals surface area contributed by atoms with Gasteiger partial charge < -0.3 is 0 Å². The van der Waals surface area contributed by atoms with Gasteiger partial charge in [0.15, 0.2) is 12.6 Å². The number of carbonyl (C=O) groups is 2. The number of nitrogens with zero attached hydrogens (tertiary/aromatic N) is 2. The molecule has 0 bridgehead atoms. The van der Waals surface area contributed by atoms with Crippen LogP contribution in [0.4, 0.5) is 0 Å². The average molecular weight is 1290 g/mol. The lowest BCUT2D eigenvalue weighted by molar-refractivity contribution is 0.111. The van der Waals surface area contributed by atoms with Crippen molar-refractivity contribution in [2.45, 2.75) is 91.9 Å². The summed E-state index contributed by atoms with van der Waals surface area (Å²) < 4.78 is 2.44. The Kier molecular flexibility index (Phi) is 17.3. The van der Waals surface area contributed by atoms with Crippen molar-refractivity contribution in [3.63, 3.8) is 0 Å². The molecule has 12 aromatic heterocycles. The molecule has 0 N–H and O–H groups in total. The van der Waals surface area contributed by atoms with Crippen LogP contribution >= 0.6 is 136 Å².